The predicted octanol–water partition coefficient (Wildman–Crippen LogP) is 1.73. The van der Waals surface area contributed by atoms with Gasteiger partial charge in [0, 0.05) is 13.1 Å². The number of hydrogen-bond donors (Lipinski definition) is 2. The number of nitrogens with zero attached hydrogens (tertiary/aromatic N) is 1. The second-order valence-electron chi connectivity index (χ2n) is 5.19. The van der Waals surface area contributed by atoms with Crippen molar-refractivity contribution in [3.05, 3.63) is 35.1 Å². The number of likely N-dealkylation sites (tertiary alicyclic amines) is 1. The number of benzene rings is 1. The van der Waals surface area contributed by atoms with Crippen LogP contribution in [0.3, 0.4) is 0 Å². The molecule has 1 aromatic rings. The minimum absolute atomic E-state index is 0.294. The number of rotatable bonds is 3. The van der Waals surface area contributed by atoms with E-state index in [1.807, 2.05) is 6.92 Å². The lowest BCUT2D eigenvalue weighted by Gasteiger charge is -2.34. The molecule has 0 saturated carbocycles. The highest BCUT2D eigenvalue weighted by molar-refractivity contribution is 5.87. The number of carboxylic acid groups (broad SMARTS) is 1. The standard InChI is InChI=1S/C14H18FNO3/c1-9-4-5-16(8-13(9)17)7-10-2-3-11(14(18)19)12(15)6-10/h2-3,6,9,13,17H,4-5,7-8H2,1H3,(H,18,19). The number of aliphatic hydroxyl groups excluding tert-OH is 1. The average molecular weight is 267 g/mol. The quantitative estimate of drug-likeness (QED) is 0.875. The first kappa shape index (κ1) is 14.0. The molecule has 1 saturated heterocycles. The van der Waals surface area contributed by atoms with Crippen LogP contribution in [0.5, 0.6) is 0 Å². The molecule has 1 aliphatic heterocycles. The molecule has 19 heavy (non-hydrogen) atoms. The van der Waals surface area contributed by atoms with Crippen LogP contribution in [-0.4, -0.2) is 40.3 Å². The minimum atomic E-state index is -1.26. The lowest BCUT2D eigenvalue weighted by atomic mass is 9.95. The monoisotopic (exact) mass is 267 g/mol. The Morgan fingerprint density at radius 1 is 1.53 bits per heavy atom. The van der Waals surface area contributed by atoms with Gasteiger partial charge in [-0.1, -0.05) is 13.0 Å². The number of aromatic carboxylic acids is 1. The lowest BCUT2D eigenvalue weighted by molar-refractivity contribution is 0.0259. The zero-order valence-corrected chi connectivity index (χ0v) is 10.8. The first-order chi connectivity index (χ1) is 8.97. The molecule has 2 atom stereocenters. The number of carbonyl (C=O) groups is 1. The van der Waals surface area contributed by atoms with Crippen LogP contribution < -0.4 is 0 Å². The number of hydrogen-bond acceptors (Lipinski definition) is 3. The minimum Gasteiger partial charge on any atom is -0.478 e. The maximum Gasteiger partial charge on any atom is 0.338 e. The Bertz CT molecular complexity index is 478. The molecule has 0 amide bonds. The summed E-state index contributed by atoms with van der Waals surface area (Å²) >= 11 is 0. The highest BCUT2D eigenvalue weighted by Crippen LogP contribution is 2.19. The third-order valence-corrected chi connectivity index (χ3v) is 3.67. The van der Waals surface area contributed by atoms with E-state index in [1.165, 1.54) is 12.1 Å². The molecule has 2 N–H and O–H groups in total. The summed E-state index contributed by atoms with van der Waals surface area (Å²) in [6, 6.07) is 4.17. The summed E-state index contributed by atoms with van der Waals surface area (Å²) in [6.07, 6.45) is 0.563. The van der Waals surface area contributed by atoms with Gasteiger partial charge in [0.1, 0.15) is 5.82 Å². The van der Waals surface area contributed by atoms with E-state index in [-0.39, 0.29) is 11.7 Å². The van der Waals surface area contributed by atoms with Gasteiger partial charge in [-0.25, -0.2) is 9.18 Å². The first-order valence-corrected chi connectivity index (χ1v) is 6.39. The molecule has 2 rings (SSSR count). The van der Waals surface area contributed by atoms with Gasteiger partial charge in [0.2, 0.25) is 0 Å². The van der Waals surface area contributed by atoms with Crippen LogP contribution in [0.4, 0.5) is 4.39 Å². The van der Waals surface area contributed by atoms with Gasteiger partial charge in [0.05, 0.1) is 11.7 Å². The first-order valence-electron chi connectivity index (χ1n) is 6.39. The fourth-order valence-electron chi connectivity index (χ4n) is 2.35. The summed E-state index contributed by atoms with van der Waals surface area (Å²) < 4.78 is 13.5. The zero-order chi connectivity index (χ0) is 14.0. The summed E-state index contributed by atoms with van der Waals surface area (Å²) in [7, 11) is 0. The molecule has 1 heterocycles. The van der Waals surface area contributed by atoms with Crippen LogP contribution in [0, 0.1) is 11.7 Å². The molecule has 0 bridgehead atoms. The highest BCUT2D eigenvalue weighted by Gasteiger charge is 2.24. The van der Waals surface area contributed by atoms with Gasteiger partial charge in [-0.3, -0.25) is 4.90 Å². The Labute approximate surface area is 111 Å². The molecule has 0 aliphatic carbocycles. The molecular weight excluding hydrogens is 249 g/mol. The van der Waals surface area contributed by atoms with Gasteiger partial charge in [0.15, 0.2) is 0 Å². The Kier molecular flexibility index (Phi) is 4.17. The van der Waals surface area contributed by atoms with Crippen LogP contribution in [0.25, 0.3) is 0 Å². The summed E-state index contributed by atoms with van der Waals surface area (Å²) in [4.78, 5) is 12.8. The van der Waals surface area contributed by atoms with Crippen molar-refractivity contribution in [2.45, 2.75) is 26.0 Å². The van der Waals surface area contributed by atoms with Gasteiger partial charge >= 0.3 is 5.97 Å². The SMILES string of the molecule is CC1CCN(Cc2ccc(C(=O)O)c(F)c2)CC1O. The summed E-state index contributed by atoms with van der Waals surface area (Å²) in [5.74, 6) is -1.68. The van der Waals surface area contributed by atoms with Gasteiger partial charge in [0.25, 0.3) is 0 Å². The molecule has 1 aromatic carbocycles. The second kappa shape index (κ2) is 5.67. The van der Waals surface area contributed by atoms with Crippen molar-refractivity contribution >= 4 is 5.97 Å². The van der Waals surface area contributed by atoms with Crippen molar-refractivity contribution in [1.82, 2.24) is 4.90 Å². The van der Waals surface area contributed by atoms with Crippen molar-refractivity contribution < 1.29 is 19.4 Å². The van der Waals surface area contributed by atoms with E-state index in [4.69, 9.17) is 5.11 Å². The molecule has 2 unspecified atom stereocenters. The highest BCUT2D eigenvalue weighted by atomic mass is 19.1. The second-order valence-corrected chi connectivity index (χ2v) is 5.19. The van der Waals surface area contributed by atoms with Crippen LogP contribution >= 0.6 is 0 Å². The van der Waals surface area contributed by atoms with E-state index < -0.39 is 11.8 Å². The van der Waals surface area contributed by atoms with Gasteiger partial charge in [-0.05, 0) is 36.6 Å². The van der Waals surface area contributed by atoms with E-state index in [0.29, 0.717) is 19.0 Å². The van der Waals surface area contributed by atoms with Gasteiger partial charge in [-0.15, -0.1) is 0 Å². The number of halogens is 1. The molecule has 5 heteroatoms. The molecule has 104 valence electrons. The van der Waals surface area contributed by atoms with Crippen molar-refractivity contribution in [3.63, 3.8) is 0 Å². The van der Waals surface area contributed by atoms with E-state index in [0.717, 1.165) is 18.5 Å². The van der Waals surface area contributed by atoms with Crippen LogP contribution in [0.15, 0.2) is 18.2 Å². The predicted molar refractivity (Wildman–Crippen MR) is 68.4 cm³/mol. The van der Waals surface area contributed by atoms with Gasteiger partial charge < -0.3 is 10.2 Å². The fourth-order valence-corrected chi connectivity index (χ4v) is 2.35. The largest absolute Gasteiger partial charge is 0.478 e. The zero-order valence-electron chi connectivity index (χ0n) is 10.8. The molecular formula is C14H18FNO3. The number of β-amino-alcohol motifs (C(OH)–C–C–N with tert-alkyl or cyclic N) is 1. The van der Waals surface area contributed by atoms with Crippen molar-refractivity contribution in [3.8, 4) is 0 Å². The average Bonchev–Trinajstić information content (AvgIpc) is 2.33. The third-order valence-electron chi connectivity index (χ3n) is 3.67. The summed E-state index contributed by atoms with van der Waals surface area (Å²) in [5.41, 5.74) is 0.417. The van der Waals surface area contributed by atoms with E-state index in [2.05, 4.69) is 4.90 Å². The Morgan fingerprint density at radius 2 is 2.26 bits per heavy atom. The fraction of sp³-hybridized carbons (Fsp3) is 0.500. The van der Waals surface area contributed by atoms with Crippen LogP contribution in [0.2, 0.25) is 0 Å². The van der Waals surface area contributed by atoms with Crippen molar-refractivity contribution in [1.29, 1.82) is 0 Å². The summed E-state index contributed by atoms with van der Waals surface area (Å²) in [5, 5.41) is 18.6. The van der Waals surface area contributed by atoms with Crippen molar-refractivity contribution in [2.24, 2.45) is 5.92 Å². The summed E-state index contributed by atoms with van der Waals surface area (Å²) in [6.45, 7) is 3.98. The van der Waals surface area contributed by atoms with E-state index >= 15 is 0 Å². The van der Waals surface area contributed by atoms with E-state index in [9.17, 15) is 14.3 Å². The molecule has 0 spiro atoms. The molecule has 1 fully saturated rings. The number of aliphatic hydroxyl groups is 1. The normalized spacial score (nSPS) is 24.4. The van der Waals surface area contributed by atoms with E-state index in [1.54, 1.807) is 6.07 Å². The van der Waals surface area contributed by atoms with Crippen LogP contribution in [0.1, 0.15) is 29.3 Å². The Hall–Kier alpha value is -1.46. The molecule has 4 nitrogen and oxygen atoms in total. The smallest absolute Gasteiger partial charge is 0.338 e. The molecule has 0 radical (unpaired) electrons. The molecule has 1 aliphatic rings. The third kappa shape index (κ3) is 3.30. The maximum atomic E-state index is 13.5. The molecule has 0 aromatic heterocycles. The van der Waals surface area contributed by atoms with Gasteiger partial charge in [-0.2, -0.15) is 0 Å². The maximum absolute atomic E-state index is 13.5. The number of piperidine rings is 1. The Balaban J connectivity index is 2.04. The van der Waals surface area contributed by atoms with Crippen LogP contribution in [-0.2, 0) is 6.54 Å². The topological polar surface area (TPSA) is 60.8 Å². The Morgan fingerprint density at radius 3 is 2.84 bits per heavy atom. The van der Waals surface area contributed by atoms with Crippen molar-refractivity contribution in [2.75, 3.05) is 13.1 Å². The number of carboxylic acids is 1. The lowest BCUT2D eigenvalue weighted by Crippen LogP contribution is -2.42.